The summed E-state index contributed by atoms with van der Waals surface area (Å²) >= 11 is 1.57. The third kappa shape index (κ3) is 4.75. The molecule has 2 aromatic carbocycles. The van der Waals surface area contributed by atoms with Gasteiger partial charge in [0.25, 0.3) is 0 Å². The fourth-order valence-corrected chi connectivity index (χ4v) is 3.88. The normalized spacial score (nSPS) is 11.3. The molecular formula is C15H16FNO2S2. The molecule has 2 aromatic rings. The fourth-order valence-electron chi connectivity index (χ4n) is 1.84. The van der Waals surface area contributed by atoms with E-state index in [2.05, 4.69) is 4.72 Å². The largest absolute Gasteiger partial charge is 0.282 e. The molecule has 0 aliphatic rings. The Hall–Kier alpha value is -1.53. The van der Waals surface area contributed by atoms with Crippen molar-refractivity contribution in [2.45, 2.75) is 17.6 Å². The number of para-hydroxylation sites is 1. The Balaban J connectivity index is 2.16. The van der Waals surface area contributed by atoms with E-state index < -0.39 is 10.0 Å². The van der Waals surface area contributed by atoms with Crippen molar-refractivity contribution in [1.82, 2.24) is 0 Å². The zero-order chi connectivity index (χ0) is 15.3. The lowest BCUT2D eigenvalue weighted by atomic mass is 10.2. The van der Waals surface area contributed by atoms with Gasteiger partial charge in [-0.2, -0.15) is 0 Å². The molecule has 0 fully saturated rings. The van der Waals surface area contributed by atoms with Crippen LogP contribution < -0.4 is 4.72 Å². The molecule has 0 heterocycles. The second-order valence-corrected chi connectivity index (χ2v) is 7.44. The second-order valence-electron chi connectivity index (χ2n) is 4.42. The van der Waals surface area contributed by atoms with Gasteiger partial charge in [-0.3, -0.25) is 4.72 Å². The summed E-state index contributed by atoms with van der Waals surface area (Å²) in [5.41, 5.74) is 1.12. The van der Waals surface area contributed by atoms with Crippen LogP contribution in [0.2, 0.25) is 0 Å². The third-order valence-corrected chi connectivity index (χ3v) is 4.92. The topological polar surface area (TPSA) is 46.2 Å². The summed E-state index contributed by atoms with van der Waals surface area (Å²) < 4.78 is 39.8. The summed E-state index contributed by atoms with van der Waals surface area (Å²) in [6, 6.07) is 12.7. The van der Waals surface area contributed by atoms with Crippen LogP contribution in [0.1, 0.15) is 12.5 Å². The first-order valence-electron chi connectivity index (χ1n) is 6.47. The van der Waals surface area contributed by atoms with E-state index in [4.69, 9.17) is 0 Å². The number of rotatable bonds is 6. The van der Waals surface area contributed by atoms with Crippen LogP contribution in [0.3, 0.4) is 0 Å². The van der Waals surface area contributed by atoms with Crippen LogP contribution in [0.25, 0.3) is 0 Å². The van der Waals surface area contributed by atoms with Gasteiger partial charge in [-0.05, 0) is 35.6 Å². The van der Waals surface area contributed by atoms with Crippen molar-refractivity contribution in [1.29, 1.82) is 0 Å². The van der Waals surface area contributed by atoms with E-state index in [1.54, 1.807) is 23.9 Å². The van der Waals surface area contributed by atoms with Crippen LogP contribution in [0.15, 0.2) is 53.4 Å². The third-order valence-electron chi connectivity index (χ3n) is 2.72. The van der Waals surface area contributed by atoms with Gasteiger partial charge in [-0.15, -0.1) is 11.8 Å². The van der Waals surface area contributed by atoms with Crippen LogP contribution in [0.4, 0.5) is 10.1 Å². The number of halogens is 1. The van der Waals surface area contributed by atoms with E-state index in [0.717, 1.165) is 10.6 Å². The number of thioether (sulfide) groups is 1. The van der Waals surface area contributed by atoms with Gasteiger partial charge in [0, 0.05) is 4.90 Å². The van der Waals surface area contributed by atoms with Crippen molar-refractivity contribution in [3.05, 3.63) is 59.9 Å². The van der Waals surface area contributed by atoms with Gasteiger partial charge in [-0.25, -0.2) is 12.8 Å². The highest BCUT2D eigenvalue weighted by Gasteiger charge is 2.14. The molecule has 0 aromatic heterocycles. The summed E-state index contributed by atoms with van der Waals surface area (Å²) in [5.74, 6) is 0.295. The predicted octanol–water partition coefficient (Wildman–Crippen LogP) is 3.88. The second kappa shape index (κ2) is 6.95. The van der Waals surface area contributed by atoms with Crippen LogP contribution in [-0.2, 0) is 15.8 Å². The van der Waals surface area contributed by atoms with Crippen LogP contribution >= 0.6 is 11.8 Å². The molecule has 112 valence electrons. The van der Waals surface area contributed by atoms with Gasteiger partial charge in [-0.1, -0.05) is 31.2 Å². The van der Waals surface area contributed by atoms with Gasteiger partial charge in [0.1, 0.15) is 5.82 Å². The molecule has 2 rings (SSSR count). The monoisotopic (exact) mass is 325 g/mol. The Morgan fingerprint density at radius 2 is 1.76 bits per heavy atom. The summed E-state index contributed by atoms with van der Waals surface area (Å²) in [6.07, 6.45) is 0. The number of anilines is 1. The lowest BCUT2D eigenvalue weighted by Crippen LogP contribution is -2.15. The van der Waals surface area contributed by atoms with Gasteiger partial charge < -0.3 is 0 Å². The predicted molar refractivity (Wildman–Crippen MR) is 85.5 cm³/mol. The Morgan fingerprint density at radius 1 is 1.10 bits per heavy atom. The quantitative estimate of drug-likeness (QED) is 0.820. The molecule has 0 atom stereocenters. The van der Waals surface area contributed by atoms with Crippen molar-refractivity contribution < 1.29 is 12.8 Å². The van der Waals surface area contributed by atoms with E-state index in [1.807, 2.05) is 19.1 Å². The minimum atomic E-state index is -3.53. The number of hydrogen-bond donors (Lipinski definition) is 1. The Morgan fingerprint density at radius 3 is 2.43 bits per heavy atom. The molecule has 0 bridgehead atoms. The summed E-state index contributed by atoms with van der Waals surface area (Å²) in [6.45, 7) is 2.01. The van der Waals surface area contributed by atoms with E-state index in [-0.39, 0.29) is 11.6 Å². The molecule has 21 heavy (non-hydrogen) atoms. The molecule has 3 nitrogen and oxygen atoms in total. The van der Waals surface area contributed by atoms with E-state index in [0.29, 0.717) is 11.3 Å². The highest BCUT2D eigenvalue weighted by molar-refractivity contribution is 7.99. The van der Waals surface area contributed by atoms with Gasteiger partial charge in [0.05, 0.1) is 11.4 Å². The lowest BCUT2D eigenvalue weighted by Gasteiger charge is -2.11. The maximum Gasteiger partial charge on any atom is 0.236 e. The number of hydrogen-bond acceptors (Lipinski definition) is 3. The summed E-state index contributed by atoms with van der Waals surface area (Å²) in [7, 11) is -3.53. The fraction of sp³-hybridized carbons (Fsp3) is 0.200. The molecule has 0 spiro atoms. The minimum absolute atomic E-state index is 0.182. The van der Waals surface area contributed by atoms with Crippen molar-refractivity contribution in [3.8, 4) is 0 Å². The van der Waals surface area contributed by atoms with Crippen molar-refractivity contribution in [3.63, 3.8) is 0 Å². The maximum absolute atomic E-state index is 12.8. The van der Waals surface area contributed by atoms with Gasteiger partial charge >= 0.3 is 0 Å². The molecule has 0 unspecified atom stereocenters. The van der Waals surface area contributed by atoms with Gasteiger partial charge in [0.2, 0.25) is 10.0 Å². The Bertz CT molecular complexity index is 700. The molecule has 1 N–H and O–H groups in total. The molecular weight excluding hydrogens is 309 g/mol. The first-order valence-corrected chi connectivity index (χ1v) is 9.11. The van der Waals surface area contributed by atoms with E-state index in [1.165, 1.54) is 24.3 Å². The molecule has 0 radical (unpaired) electrons. The zero-order valence-corrected chi connectivity index (χ0v) is 13.2. The van der Waals surface area contributed by atoms with E-state index in [9.17, 15) is 12.8 Å². The number of sulfonamides is 1. The van der Waals surface area contributed by atoms with E-state index >= 15 is 0 Å². The maximum atomic E-state index is 12.8. The smallest absolute Gasteiger partial charge is 0.236 e. The highest BCUT2D eigenvalue weighted by Crippen LogP contribution is 2.27. The molecule has 0 aliphatic carbocycles. The highest BCUT2D eigenvalue weighted by atomic mass is 32.2. The number of benzene rings is 2. The van der Waals surface area contributed by atoms with Crippen molar-refractivity contribution >= 4 is 27.5 Å². The Labute approximate surface area is 128 Å². The van der Waals surface area contributed by atoms with Crippen molar-refractivity contribution in [2.24, 2.45) is 0 Å². The first kappa shape index (κ1) is 15.9. The number of nitrogens with one attached hydrogen (secondary N) is 1. The van der Waals surface area contributed by atoms with Crippen LogP contribution in [0.5, 0.6) is 0 Å². The standard InChI is InChI=1S/C15H16FNO2S2/c1-2-20-15-6-4-3-5-14(15)17-21(18,19)11-12-7-9-13(16)10-8-12/h3-10,17H,2,11H2,1H3. The average Bonchev–Trinajstić information content (AvgIpc) is 2.43. The van der Waals surface area contributed by atoms with Gasteiger partial charge in [0.15, 0.2) is 0 Å². The first-order chi connectivity index (χ1) is 10.00. The summed E-state index contributed by atoms with van der Waals surface area (Å²) in [5, 5.41) is 0. The zero-order valence-electron chi connectivity index (χ0n) is 11.5. The Kier molecular flexibility index (Phi) is 5.25. The average molecular weight is 325 g/mol. The van der Waals surface area contributed by atoms with Crippen LogP contribution in [0, 0.1) is 5.82 Å². The SMILES string of the molecule is CCSc1ccccc1NS(=O)(=O)Cc1ccc(F)cc1. The molecule has 6 heteroatoms. The molecule has 0 saturated carbocycles. The van der Waals surface area contributed by atoms with Crippen molar-refractivity contribution in [2.75, 3.05) is 10.5 Å². The van der Waals surface area contributed by atoms with Crippen LogP contribution in [-0.4, -0.2) is 14.2 Å². The molecule has 0 aliphatic heterocycles. The molecule has 0 amide bonds. The minimum Gasteiger partial charge on any atom is -0.282 e. The lowest BCUT2D eigenvalue weighted by molar-refractivity contribution is 0.599. The molecule has 0 saturated heterocycles. The summed E-state index contributed by atoms with van der Waals surface area (Å²) in [4.78, 5) is 0.891.